The largest absolute Gasteiger partial charge is 0.504 e. The van der Waals surface area contributed by atoms with E-state index in [-0.39, 0.29) is 28.2 Å². The maximum absolute atomic E-state index is 13.0. The summed E-state index contributed by atoms with van der Waals surface area (Å²) in [5, 5.41) is 72.6. The quantitative estimate of drug-likeness (QED) is 0.163. The molecule has 44 heavy (non-hydrogen) atoms. The molecule has 0 aliphatic carbocycles. The van der Waals surface area contributed by atoms with Crippen LogP contribution in [0.4, 0.5) is 0 Å². The van der Waals surface area contributed by atoms with Crippen LogP contribution in [0.2, 0.25) is 0 Å². The summed E-state index contributed by atoms with van der Waals surface area (Å²) < 4.78 is 38.7. The fourth-order valence-electron chi connectivity index (χ4n) is 5.06. The van der Waals surface area contributed by atoms with Gasteiger partial charge in [-0.3, -0.25) is 4.79 Å². The zero-order valence-corrected chi connectivity index (χ0v) is 23.8. The van der Waals surface area contributed by atoms with Gasteiger partial charge in [-0.25, -0.2) is 0 Å². The zero-order valence-electron chi connectivity index (χ0n) is 23.8. The maximum atomic E-state index is 13.0. The van der Waals surface area contributed by atoms with Gasteiger partial charge in [-0.2, -0.15) is 0 Å². The molecule has 2 aromatic carbocycles. The van der Waals surface area contributed by atoms with E-state index in [0.29, 0.717) is 11.3 Å². The fraction of sp³-hybridized carbons (Fsp3) is 0.483. The molecular formula is C29H34O15. The molecule has 1 aromatic heterocycles. The molecule has 240 valence electrons. The molecule has 7 N–H and O–H groups in total. The molecule has 2 aliphatic rings. The lowest BCUT2D eigenvalue weighted by molar-refractivity contribution is -0.318. The molecule has 10 atom stereocenters. The first-order valence-corrected chi connectivity index (χ1v) is 13.6. The lowest BCUT2D eigenvalue weighted by atomic mass is 9.98. The Morgan fingerprint density at radius 2 is 1.45 bits per heavy atom. The van der Waals surface area contributed by atoms with Gasteiger partial charge in [0.25, 0.3) is 0 Å². The van der Waals surface area contributed by atoms with Crippen LogP contribution in [0.1, 0.15) is 6.92 Å². The number of methoxy groups -OCH3 is 2. The van der Waals surface area contributed by atoms with Crippen molar-refractivity contribution in [2.45, 2.75) is 68.3 Å². The minimum absolute atomic E-state index is 0.0966. The highest BCUT2D eigenvalue weighted by atomic mass is 16.7. The van der Waals surface area contributed by atoms with Crippen LogP contribution in [0.3, 0.4) is 0 Å². The van der Waals surface area contributed by atoms with Crippen LogP contribution >= 0.6 is 0 Å². The van der Waals surface area contributed by atoms with Gasteiger partial charge in [-0.05, 0) is 31.2 Å². The van der Waals surface area contributed by atoms with Gasteiger partial charge in [0.1, 0.15) is 65.2 Å². The lowest BCUT2D eigenvalue weighted by Crippen LogP contribution is -2.61. The predicted octanol–water partition coefficient (Wildman–Crippen LogP) is -0.787. The van der Waals surface area contributed by atoms with Crippen molar-refractivity contribution in [1.82, 2.24) is 0 Å². The number of phenolic OH excluding ortho intramolecular Hbond substituents is 1. The SMILES string of the molecule is COc1ccc(-c2cc(=O)c3c(O)c(OC)c(O[C@H]4O[C@@H](CO[C@H]5O[C@H](C)[C@@H](O)[C@@H](O)[C@@H]5O)[C@H](O)[C@@H](O)[C@@H]4O)cc3o2)cc1. The number of phenols is 1. The number of aromatic hydroxyl groups is 1. The summed E-state index contributed by atoms with van der Waals surface area (Å²) in [6.45, 7) is 0.947. The monoisotopic (exact) mass is 622 g/mol. The second kappa shape index (κ2) is 12.8. The summed E-state index contributed by atoms with van der Waals surface area (Å²) in [5.41, 5.74) is -0.138. The highest BCUT2D eigenvalue weighted by Gasteiger charge is 2.47. The summed E-state index contributed by atoms with van der Waals surface area (Å²) in [6.07, 6.45) is -15.2. The first kappa shape index (κ1) is 31.9. The van der Waals surface area contributed by atoms with Gasteiger partial charge in [-0.15, -0.1) is 0 Å². The average Bonchev–Trinajstić information content (AvgIpc) is 3.01. The van der Waals surface area contributed by atoms with Crippen LogP contribution < -0.4 is 19.6 Å². The minimum atomic E-state index is -1.81. The summed E-state index contributed by atoms with van der Waals surface area (Å²) >= 11 is 0. The third kappa shape index (κ3) is 5.93. The normalized spacial score (nSPS) is 32.4. The van der Waals surface area contributed by atoms with Crippen molar-refractivity contribution < 1.29 is 68.6 Å². The van der Waals surface area contributed by atoms with Gasteiger partial charge in [0, 0.05) is 17.7 Å². The van der Waals surface area contributed by atoms with Crippen molar-refractivity contribution in [3.63, 3.8) is 0 Å². The molecule has 3 heterocycles. The Balaban J connectivity index is 1.41. The molecule has 0 bridgehead atoms. The molecule has 5 rings (SSSR count). The number of rotatable bonds is 8. The van der Waals surface area contributed by atoms with Crippen LogP contribution in [0, 0.1) is 0 Å². The first-order chi connectivity index (χ1) is 20.9. The molecule has 15 heteroatoms. The first-order valence-electron chi connectivity index (χ1n) is 13.6. The number of fused-ring (bicyclic) bond motifs is 1. The molecular weight excluding hydrogens is 588 g/mol. The lowest BCUT2D eigenvalue weighted by Gasteiger charge is -2.42. The summed E-state index contributed by atoms with van der Waals surface area (Å²) in [6, 6.07) is 9.13. The van der Waals surface area contributed by atoms with E-state index in [2.05, 4.69) is 0 Å². The minimum Gasteiger partial charge on any atom is -0.504 e. The van der Waals surface area contributed by atoms with Crippen LogP contribution in [-0.4, -0.2) is 118 Å². The summed E-state index contributed by atoms with van der Waals surface area (Å²) in [7, 11) is 2.72. The van der Waals surface area contributed by atoms with Crippen molar-refractivity contribution in [2.24, 2.45) is 0 Å². The standard InChI is InChI=1S/C29H34O15/c1-11-20(31)23(34)25(36)28(41-11)40-10-18-21(32)24(35)26(37)29(44-18)43-17-9-16-19(22(33)27(17)39-3)14(30)8-15(42-16)12-4-6-13(38-2)7-5-12/h4-9,11,18,20-21,23-26,28-29,31-37H,10H2,1-3H3/t11-,18+,20-,21+,23-,24-,25+,26+,28+,29+/m1/s1. The van der Waals surface area contributed by atoms with E-state index in [1.807, 2.05) is 0 Å². The summed E-state index contributed by atoms with van der Waals surface area (Å²) in [5.74, 6) is -0.391. The predicted molar refractivity (Wildman–Crippen MR) is 148 cm³/mol. The Morgan fingerprint density at radius 3 is 2.11 bits per heavy atom. The van der Waals surface area contributed by atoms with Crippen LogP contribution in [0.15, 0.2) is 45.6 Å². The van der Waals surface area contributed by atoms with Gasteiger partial charge in [-0.1, -0.05) is 0 Å². The highest BCUT2D eigenvalue weighted by Crippen LogP contribution is 2.43. The molecule has 0 amide bonds. The Hall–Kier alpha value is -3.51. The topological polar surface area (TPSA) is 227 Å². The second-order valence-corrected chi connectivity index (χ2v) is 10.5. The molecule has 0 unspecified atom stereocenters. The molecule has 0 spiro atoms. The Labute approximate surface area is 249 Å². The van der Waals surface area contributed by atoms with Gasteiger partial charge in [0.15, 0.2) is 23.2 Å². The van der Waals surface area contributed by atoms with Crippen molar-refractivity contribution in [3.8, 4) is 34.3 Å². The molecule has 3 aromatic rings. The molecule has 2 saturated heterocycles. The number of hydrogen-bond donors (Lipinski definition) is 7. The van der Waals surface area contributed by atoms with E-state index in [1.54, 1.807) is 24.3 Å². The zero-order chi connectivity index (χ0) is 31.9. The number of benzene rings is 2. The molecule has 2 aliphatic heterocycles. The number of aliphatic hydroxyl groups excluding tert-OH is 6. The smallest absolute Gasteiger partial charge is 0.229 e. The van der Waals surface area contributed by atoms with Gasteiger partial charge >= 0.3 is 0 Å². The van der Waals surface area contributed by atoms with Crippen molar-refractivity contribution >= 4 is 11.0 Å². The Bertz CT molecular complexity index is 1510. The number of aliphatic hydroxyl groups is 6. The van der Waals surface area contributed by atoms with Gasteiger partial charge < -0.3 is 68.6 Å². The fourth-order valence-corrected chi connectivity index (χ4v) is 5.06. The van der Waals surface area contributed by atoms with Crippen molar-refractivity contribution in [2.75, 3.05) is 20.8 Å². The van der Waals surface area contributed by atoms with Crippen LogP contribution in [-0.2, 0) is 14.2 Å². The summed E-state index contributed by atoms with van der Waals surface area (Å²) in [4.78, 5) is 13.0. The van der Waals surface area contributed by atoms with Crippen molar-refractivity contribution in [3.05, 3.63) is 46.6 Å². The molecule has 15 nitrogen and oxygen atoms in total. The van der Waals surface area contributed by atoms with E-state index in [1.165, 1.54) is 33.3 Å². The van der Waals surface area contributed by atoms with E-state index >= 15 is 0 Å². The number of ether oxygens (including phenoxy) is 6. The van der Waals surface area contributed by atoms with E-state index in [0.717, 1.165) is 0 Å². The maximum Gasteiger partial charge on any atom is 0.229 e. The van der Waals surface area contributed by atoms with Gasteiger partial charge in [0.05, 0.1) is 26.9 Å². The third-order valence-corrected chi connectivity index (χ3v) is 7.64. The Kier molecular flexibility index (Phi) is 9.31. The van der Waals surface area contributed by atoms with E-state index in [9.17, 15) is 40.5 Å². The second-order valence-electron chi connectivity index (χ2n) is 10.5. The average molecular weight is 623 g/mol. The molecule has 0 radical (unpaired) electrons. The highest BCUT2D eigenvalue weighted by molar-refractivity contribution is 5.89. The van der Waals surface area contributed by atoms with Crippen LogP contribution in [0.25, 0.3) is 22.3 Å². The number of hydrogen-bond acceptors (Lipinski definition) is 15. The molecule has 2 fully saturated rings. The molecule has 0 saturated carbocycles. The van der Waals surface area contributed by atoms with Gasteiger partial charge in [0.2, 0.25) is 12.0 Å². The van der Waals surface area contributed by atoms with Crippen molar-refractivity contribution in [1.29, 1.82) is 0 Å². The van der Waals surface area contributed by atoms with Crippen LogP contribution in [0.5, 0.6) is 23.0 Å². The third-order valence-electron chi connectivity index (χ3n) is 7.64. The van der Waals surface area contributed by atoms with E-state index in [4.69, 9.17) is 32.8 Å². The van der Waals surface area contributed by atoms with E-state index < -0.39 is 79.2 Å². The Morgan fingerprint density at radius 1 is 0.795 bits per heavy atom.